The Balaban J connectivity index is 1.75. The van der Waals surface area contributed by atoms with E-state index < -0.39 is 10.1 Å². The highest BCUT2D eigenvalue weighted by Crippen LogP contribution is 2.29. The highest BCUT2D eigenvalue weighted by molar-refractivity contribution is 7.86. The van der Waals surface area contributed by atoms with Crippen LogP contribution in [-0.4, -0.2) is 21.5 Å². The molecule has 0 radical (unpaired) electrons. The third-order valence-electron chi connectivity index (χ3n) is 4.51. The van der Waals surface area contributed by atoms with Crippen molar-refractivity contribution in [2.75, 3.05) is 13.1 Å². The van der Waals surface area contributed by atoms with E-state index in [2.05, 4.69) is 11.4 Å². The van der Waals surface area contributed by atoms with Gasteiger partial charge in [-0.05, 0) is 62.0 Å². The molecule has 0 unspecified atom stereocenters. The molecule has 0 bridgehead atoms. The molecule has 0 aromatic heterocycles. The van der Waals surface area contributed by atoms with Gasteiger partial charge in [0.2, 0.25) is 0 Å². The number of rotatable bonds is 5. The number of aryl methyl sites for hydroxylation is 1. The standard InChI is InChI=1S/C19H23NO3S/c1-15-6-8-18(9-7-15)24(21,22)23-14-17-4-2-3-5-19(17)16-10-12-20-13-11-16/h2-9,16,20H,10-14H2,1H3. The Morgan fingerprint density at radius 3 is 2.42 bits per heavy atom. The molecule has 4 nitrogen and oxygen atoms in total. The molecule has 0 atom stereocenters. The van der Waals surface area contributed by atoms with Gasteiger partial charge in [0.25, 0.3) is 10.1 Å². The molecule has 3 rings (SSSR count). The molecule has 24 heavy (non-hydrogen) atoms. The molecule has 1 aliphatic rings. The van der Waals surface area contributed by atoms with Crippen LogP contribution in [0.1, 0.15) is 35.4 Å². The highest BCUT2D eigenvalue weighted by atomic mass is 32.2. The Labute approximate surface area is 144 Å². The van der Waals surface area contributed by atoms with Crippen molar-refractivity contribution < 1.29 is 12.6 Å². The molecular weight excluding hydrogens is 322 g/mol. The van der Waals surface area contributed by atoms with Gasteiger partial charge in [0, 0.05) is 0 Å². The van der Waals surface area contributed by atoms with E-state index in [0.717, 1.165) is 37.1 Å². The Morgan fingerprint density at radius 1 is 1.04 bits per heavy atom. The van der Waals surface area contributed by atoms with Crippen molar-refractivity contribution in [1.82, 2.24) is 5.32 Å². The van der Waals surface area contributed by atoms with Crippen LogP contribution in [-0.2, 0) is 20.9 Å². The van der Waals surface area contributed by atoms with Crippen LogP contribution < -0.4 is 5.32 Å². The van der Waals surface area contributed by atoms with Crippen LogP contribution in [0, 0.1) is 6.92 Å². The van der Waals surface area contributed by atoms with Crippen LogP contribution >= 0.6 is 0 Å². The first-order valence-electron chi connectivity index (χ1n) is 8.31. The van der Waals surface area contributed by atoms with Crippen molar-refractivity contribution in [3.63, 3.8) is 0 Å². The van der Waals surface area contributed by atoms with Gasteiger partial charge in [-0.2, -0.15) is 8.42 Å². The topological polar surface area (TPSA) is 55.4 Å². The monoisotopic (exact) mass is 345 g/mol. The molecule has 5 heteroatoms. The van der Waals surface area contributed by atoms with Gasteiger partial charge in [-0.25, -0.2) is 0 Å². The number of hydrogen-bond donors (Lipinski definition) is 1. The van der Waals surface area contributed by atoms with Crippen LogP contribution in [0.2, 0.25) is 0 Å². The van der Waals surface area contributed by atoms with Gasteiger partial charge in [-0.1, -0.05) is 42.0 Å². The van der Waals surface area contributed by atoms with Gasteiger partial charge in [0.15, 0.2) is 0 Å². The lowest BCUT2D eigenvalue weighted by atomic mass is 9.87. The molecule has 0 saturated carbocycles. The molecule has 1 fully saturated rings. The van der Waals surface area contributed by atoms with Gasteiger partial charge < -0.3 is 5.32 Å². The summed E-state index contributed by atoms with van der Waals surface area (Å²) in [6.45, 7) is 4.01. The molecule has 128 valence electrons. The fraction of sp³-hybridized carbons (Fsp3) is 0.368. The first-order chi connectivity index (χ1) is 11.6. The SMILES string of the molecule is Cc1ccc(S(=O)(=O)OCc2ccccc2C2CCNCC2)cc1. The van der Waals surface area contributed by atoms with E-state index in [9.17, 15) is 8.42 Å². The zero-order valence-corrected chi connectivity index (χ0v) is 14.7. The second kappa shape index (κ2) is 7.47. The zero-order valence-electron chi connectivity index (χ0n) is 13.9. The molecule has 2 aromatic carbocycles. The van der Waals surface area contributed by atoms with Crippen molar-refractivity contribution in [2.24, 2.45) is 0 Å². The Morgan fingerprint density at radius 2 is 1.71 bits per heavy atom. The zero-order chi connectivity index (χ0) is 17.0. The molecule has 0 amide bonds. The maximum atomic E-state index is 12.4. The molecular formula is C19H23NO3S. The number of hydrogen-bond acceptors (Lipinski definition) is 4. The van der Waals surface area contributed by atoms with E-state index in [1.165, 1.54) is 5.56 Å². The van der Waals surface area contributed by atoms with Crippen molar-refractivity contribution in [1.29, 1.82) is 0 Å². The van der Waals surface area contributed by atoms with Gasteiger partial charge in [-0.15, -0.1) is 0 Å². The normalized spacial score (nSPS) is 16.2. The van der Waals surface area contributed by atoms with Crippen LogP contribution in [0.15, 0.2) is 53.4 Å². The van der Waals surface area contributed by atoms with Gasteiger partial charge in [0.05, 0.1) is 11.5 Å². The van der Waals surface area contributed by atoms with Crippen molar-refractivity contribution >= 4 is 10.1 Å². The number of benzene rings is 2. The van der Waals surface area contributed by atoms with Crippen molar-refractivity contribution in [3.8, 4) is 0 Å². The average molecular weight is 345 g/mol. The highest BCUT2D eigenvalue weighted by Gasteiger charge is 2.20. The first kappa shape index (κ1) is 17.1. The summed E-state index contributed by atoms with van der Waals surface area (Å²) < 4.78 is 30.1. The third kappa shape index (κ3) is 4.04. The summed E-state index contributed by atoms with van der Waals surface area (Å²) in [6.07, 6.45) is 2.14. The van der Waals surface area contributed by atoms with Gasteiger partial charge in [0.1, 0.15) is 0 Å². The third-order valence-corrected chi connectivity index (χ3v) is 5.79. The fourth-order valence-corrected chi connectivity index (χ4v) is 4.00. The maximum absolute atomic E-state index is 12.4. The van der Waals surface area contributed by atoms with Gasteiger partial charge in [-0.3, -0.25) is 4.18 Å². The smallest absolute Gasteiger partial charge is 0.297 e. The van der Waals surface area contributed by atoms with Crippen LogP contribution in [0.25, 0.3) is 0 Å². The Bertz CT molecular complexity index is 779. The maximum Gasteiger partial charge on any atom is 0.297 e. The Hall–Kier alpha value is -1.69. The lowest BCUT2D eigenvalue weighted by Gasteiger charge is -2.25. The van der Waals surface area contributed by atoms with Gasteiger partial charge >= 0.3 is 0 Å². The van der Waals surface area contributed by atoms with Crippen LogP contribution in [0.3, 0.4) is 0 Å². The molecule has 1 aliphatic heterocycles. The van der Waals surface area contributed by atoms with Crippen LogP contribution in [0.5, 0.6) is 0 Å². The molecule has 0 spiro atoms. The summed E-state index contributed by atoms with van der Waals surface area (Å²) in [5.74, 6) is 0.466. The fourth-order valence-electron chi connectivity index (χ4n) is 3.11. The second-order valence-corrected chi connectivity index (χ2v) is 7.87. The molecule has 2 aromatic rings. The van der Waals surface area contributed by atoms with Crippen molar-refractivity contribution in [3.05, 3.63) is 65.2 Å². The predicted molar refractivity (Wildman–Crippen MR) is 94.4 cm³/mol. The molecule has 1 heterocycles. The summed E-state index contributed by atoms with van der Waals surface area (Å²) >= 11 is 0. The second-order valence-electron chi connectivity index (χ2n) is 6.25. The summed E-state index contributed by atoms with van der Waals surface area (Å²) in [4.78, 5) is 0.201. The lowest BCUT2D eigenvalue weighted by Crippen LogP contribution is -2.27. The van der Waals surface area contributed by atoms with Crippen LogP contribution in [0.4, 0.5) is 0 Å². The molecule has 1 N–H and O–H groups in total. The van der Waals surface area contributed by atoms with E-state index in [1.54, 1.807) is 24.3 Å². The minimum atomic E-state index is -3.74. The minimum absolute atomic E-state index is 0.0797. The van der Waals surface area contributed by atoms with E-state index in [4.69, 9.17) is 4.18 Å². The molecule has 0 aliphatic carbocycles. The molecule has 1 saturated heterocycles. The van der Waals surface area contributed by atoms with E-state index in [0.29, 0.717) is 5.92 Å². The number of piperidine rings is 1. The summed E-state index contributed by atoms with van der Waals surface area (Å²) in [6, 6.07) is 14.7. The summed E-state index contributed by atoms with van der Waals surface area (Å²) in [5, 5.41) is 3.36. The van der Waals surface area contributed by atoms with E-state index in [-0.39, 0.29) is 11.5 Å². The summed E-state index contributed by atoms with van der Waals surface area (Å²) in [5.41, 5.74) is 3.18. The largest absolute Gasteiger partial charge is 0.317 e. The average Bonchev–Trinajstić information content (AvgIpc) is 2.61. The minimum Gasteiger partial charge on any atom is -0.317 e. The lowest BCUT2D eigenvalue weighted by molar-refractivity contribution is 0.305. The predicted octanol–water partition coefficient (Wildman–Crippen LogP) is 3.37. The first-order valence-corrected chi connectivity index (χ1v) is 9.72. The quantitative estimate of drug-likeness (QED) is 0.844. The van der Waals surface area contributed by atoms with E-state index in [1.807, 2.05) is 25.1 Å². The summed E-state index contributed by atoms with van der Waals surface area (Å²) in [7, 11) is -3.74. The Kier molecular flexibility index (Phi) is 5.33. The van der Waals surface area contributed by atoms with E-state index >= 15 is 0 Å². The number of nitrogens with one attached hydrogen (secondary N) is 1. The van der Waals surface area contributed by atoms with Crippen molar-refractivity contribution in [2.45, 2.75) is 37.2 Å².